The first-order valence-corrected chi connectivity index (χ1v) is 5.29. The van der Waals surface area contributed by atoms with E-state index in [0.717, 1.165) is 0 Å². The SMILES string of the molecule is CC(C)C[C@H](N)C(=O)NC1CC(=O)NC1=O. The molecule has 0 radical (unpaired) electrons. The Morgan fingerprint density at radius 3 is 2.62 bits per heavy atom. The molecule has 1 aliphatic rings. The number of hydrogen-bond acceptors (Lipinski definition) is 4. The molecule has 3 amide bonds. The zero-order chi connectivity index (χ0) is 12.3. The van der Waals surface area contributed by atoms with E-state index in [1.165, 1.54) is 0 Å². The second kappa shape index (κ2) is 5.07. The summed E-state index contributed by atoms with van der Waals surface area (Å²) in [6, 6.07) is -1.40. The highest BCUT2D eigenvalue weighted by Crippen LogP contribution is 2.05. The predicted molar refractivity (Wildman–Crippen MR) is 57.1 cm³/mol. The minimum absolute atomic E-state index is 0.00102. The Kier molecular flexibility index (Phi) is 4.00. The van der Waals surface area contributed by atoms with Crippen LogP contribution in [-0.2, 0) is 14.4 Å². The Morgan fingerprint density at radius 1 is 1.56 bits per heavy atom. The molecule has 1 fully saturated rings. The maximum absolute atomic E-state index is 11.6. The summed E-state index contributed by atoms with van der Waals surface area (Å²) in [4.78, 5) is 33.6. The van der Waals surface area contributed by atoms with Gasteiger partial charge in [-0.3, -0.25) is 19.7 Å². The van der Waals surface area contributed by atoms with E-state index < -0.39 is 18.0 Å². The summed E-state index contributed by atoms with van der Waals surface area (Å²) in [7, 11) is 0. The summed E-state index contributed by atoms with van der Waals surface area (Å²) in [6.07, 6.45) is 0.549. The first-order valence-electron chi connectivity index (χ1n) is 5.29. The molecule has 4 N–H and O–H groups in total. The smallest absolute Gasteiger partial charge is 0.249 e. The van der Waals surface area contributed by atoms with Crippen LogP contribution < -0.4 is 16.4 Å². The number of nitrogens with two attached hydrogens (primary N) is 1. The summed E-state index contributed by atoms with van der Waals surface area (Å²) >= 11 is 0. The van der Waals surface area contributed by atoms with Gasteiger partial charge in [-0.1, -0.05) is 13.8 Å². The van der Waals surface area contributed by atoms with Crippen molar-refractivity contribution in [3.8, 4) is 0 Å². The van der Waals surface area contributed by atoms with Crippen LogP contribution in [0.3, 0.4) is 0 Å². The van der Waals surface area contributed by atoms with Crippen LogP contribution in [0.25, 0.3) is 0 Å². The van der Waals surface area contributed by atoms with Crippen LogP contribution in [0.15, 0.2) is 0 Å². The molecule has 6 nitrogen and oxygen atoms in total. The lowest BCUT2D eigenvalue weighted by Crippen LogP contribution is -2.48. The lowest BCUT2D eigenvalue weighted by Gasteiger charge is -2.16. The maximum atomic E-state index is 11.6. The summed E-state index contributed by atoms with van der Waals surface area (Å²) in [5.74, 6) is -0.911. The molecule has 0 saturated carbocycles. The summed E-state index contributed by atoms with van der Waals surface area (Å²) in [5, 5.41) is 4.59. The molecule has 1 rings (SSSR count). The van der Waals surface area contributed by atoms with E-state index in [9.17, 15) is 14.4 Å². The van der Waals surface area contributed by atoms with E-state index in [4.69, 9.17) is 5.73 Å². The van der Waals surface area contributed by atoms with Crippen molar-refractivity contribution in [2.24, 2.45) is 11.7 Å². The first kappa shape index (κ1) is 12.6. The number of hydrogen-bond donors (Lipinski definition) is 3. The van der Waals surface area contributed by atoms with Crippen molar-refractivity contribution in [3.05, 3.63) is 0 Å². The molecule has 0 aliphatic carbocycles. The molecule has 90 valence electrons. The fourth-order valence-corrected chi connectivity index (χ4v) is 1.56. The van der Waals surface area contributed by atoms with Crippen LogP contribution in [0.5, 0.6) is 0 Å². The van der Waals surface area contributed by atoms with Gasteiger partial charge in [-0.15, -0.1) is 0 Å². The molecule has 1 heterocycles. The monoisotopic (exact) mass is 227 g/mol. The molecule has 1 aliphatic heterocycles. The third-order valence-electron chi connectivity index (χ3n) is 2.35. The fraction of sp³-hybridized carbons (Fsp3) is 0.700. The Hall–Kier alpha value is -1.43. The van der Waals surface area contributed by atoms with Gasteiger partial charge in [-0.05, 0) is 12.3 Å². The first-order chi connectivity index (χ1) is 7.40. The Balaban J connectivity index is 2.45. The molecule has 0 bridgehead atoms. The molecule has 0 aromatic carbocycles. The zero-order valence-electron chi connectivity index (χ0n) is 9.45. The molecule has 1 saturated heterocycles. The van der Waals surface area contributed by atoms with E-state index in [0.29, 0.717) is 12.3 Å². The van der Waals surface area contributed by atoms with Crippen molar-refractivity contribution < 1.29 is 14.4 Å². The van der Waals surface area contributed by atoms with Crippen LogP contribution >= 0.6 is 0 Å². The third-order valence-corrected chi connectivity index (χ3v) is 2.35. The molecule has 0 spiro atoms. The number of amides is 3. The third kappa shape index (κ3) is 3.30. The molecule has 2 atom stereocenters. The fourth-order valence-electron chi connectivity index (χ4n) is 1.56. The number of rotatable bonds is 4. The highest BCUT2D eigenvalue weighted by Gasteiger charge is 2.32. The summed E-state index contributed by atoms with van der Waals surface area (Å²) in [6.45, 7) is 3.91. The van der Waals surface area contributed by atoms with Crippen LogP contribution in [0.2, 0.25) is 0 Å². The van der Waals surface area contributed by atoms with E-state index in [1.54, 1.807) is 0 Å². The minimum Gasteiger partial charge on any atom is -0.342 e. The zero-order valence-corrected chi connectivity index (χ0v) is 9.45. The van der Waals surface area contributed by atoms with E-state index >= 15 is 0 Å². The van der Waals surface area contributed by atoms with Crippen molar-refractivity contribution in [1.82, 2.24) is 10.6 Å². The summed E-state index contributed by atoms with van der Waals surface area (Å²) in [5.41, 5.74) is 5.65. The molecule has 0 aromatic heterocycles. The van der Waals surface area contributed by atoms with Gasteiger partial charge in [0.05, 0.1) is 12.5 Å². The Morgan fingerprint density at radius 2 is 2.19 bits per heavy atom. The number of imide groups is 1. The quantitative estimate of drug-likeness (QED) is 0.530. The molecule has 16 heavy (non-hydrogen) atoms. The van der Waals surface area contributed by atoms with Gasteiger partial charge in [0.15, 0.2) is 0 Å². The van der Waals surface area contributed by atoms with E-state index in [-0.39, 0.29) is 18.2 Å². The van der Waals surface area contributed by atoms with Crippen molar-refractivity contribution >= 4 is 17.7 Å². The van der Waals surface area contributed by atoms with Gasteiger partial charge in [-0.2, -0.15) is 0 Å². The molecule has 0 aromatic rings. The van der Waals surface area contributed by atoms with Crippen molar-refractivity contribution in [2.75, 3.05) is 0 Å². The van der Waals surface area contributed by atoms with E-state index in [1.807, 2.05) is 13.8 Å². The lowest BCUT2D eigenvalue weighted by molar-refractivity contribution is -0.129. The summed E-state index contributed by atoms with van der Waals surface area (Å²) < 4.78 is 0. The van der Waals surface area contributed by atoms with Gasteiger partial charge in [0.2, 0.25) is 17.7 Å². The van der Waals surface area contributed by atoms with Crippen molar-refractivity contribution in [1.29, 1.82) is 0 Å². The Labute approximate surface area is 93.9 Å². The molecule has 1 unspecified atom stereocenters. The highest BCUT2D eigenvalue weighted by atomic mass is 16.2. The number of nitrogens with one attached hydrogen (secondary N) is 2. The van der Waals surface area contributed by atoms with Crippen molar-refractivity contribution in [3.63, 3.8) is 0 Å². The van der Waals surface area contributed by atoms with Gasteiger partial charge in [-0.25, -0.2) is 0 Å². The molecule has 6 heteroatoms. The standard InChI is InChI=1S/C10H17N3O3/c1-5(2)3-6(11)9(15)12-7-4-8(14)13-10(7)16/h5-7H,3-4,11H2,1-2H3,(H,12,15)(H,13,14,16)/t6-,7?/m0/s1. The minimum atomic E-state index is -0.766. The molecular weight excluding hydrogens is 210 g/mol. The average Bonchev–Trinajstić information content (AvgIpc) is 2.43. The van der Waals surface area contributed by atoms with Gasteiger partial charge >= 0.3 is 0 Å². The number of carbonyl (C=O) groups is 3. The van der Waals surface area contributed by atoms with Crippen LogP contribution in [0.1, 0.15) is 26.7 Å². The average molecular weight is 227 g/mol. The van der Waals surface area contributed by atoms with E-state index in [2.05, 4.69) is 10.6 Å². The van der Waals surface area contributed by atoms with Gasteiger partial charge in [0.1, 0.15) is 6.04 Å². The van der Waals surface area contributed by atoms with Gasteiger partial charge < -0.3 is 11.1 Å². The topological polar surface area (TPSA) is 101 Å². The second-order valence-electron chi connectivity index (χ2n) is 4.41. The Bertz CT molecular complexity index is 314. The van der Waals surface area contributed by atoms with Gasteiger partial charge in [0.25, 0.3) is 0 Å². The van der Waals surface area contributed by atoms with Gasteiger partial charge in [0, 0.05) is 0 Å². The highest BCUT2D eigenvalue weighted by molar-refractivity contribution is 6.07. The second-order valence-corrected chi connectivity index (χ2v) is 4.41. The lowest BCUT2D eigenvalue weighted by atomic mass is 10.0. The predicted octanol–water partition coefficient (Wildman–Crippen LogP) is -1.11. The number of carbonyl (C=O) groups excluding carboxylic acids is 3. The van der Waals surface area contributed by atoms with Crippen LogP contribution in [-0.4, -0.2) is 29.8 Å². The molecular formula is C10H17N3O3. The maximum Gasteiger partial charge on any atom is 0.249 e. The van der Waals surface area contributed by atoms with Crippen LogP contribution in [0.4, 0.5) is 0 Å². The largest absolute Gasteiger partial charge is 0.342 e. The van der Waals surface area contributed by atoms with Crippen molar-refractivity contribution in [2.45, 2.75) is 38.8 Å². The normalized spacial score (nSPS) is 22.1. The van der Waals surface area contributed by atoms with Crippen LogP contribution in [0, 0.1) is 5.92 Å².